The van der Waals surface area contributed by atoms with Gasteiger partial charge in [0.05, 0.1) is 18.4 Å². The molecule has 1 atom stereocenters. The third-order valence-electron chi connectivity index (χ3n) is 4.57. The van der Waals surface area contributed by atoms with Gasteiger partial charge in [-0.3, -0.25) is 14.3 Å². The highest BCUT2D eigenvalue weighted by molar-refractivity contribution is 6.30. The first kappa shape index (κ1) is 18.5. The van der Waals surface area contributed by atoms with Gasteiger partial charge in [-0.1, -0.05) is 43.5 Å². The number of amides is 2. The van der Waals surface area contributed by atoms with Crippen molar-refractivity contribution >= 4 is 23.4 Å². The van der Waals surface area contributed by atoms with E-state index in [-0.39, 0.29) is 24.5 Å². The molecule has 2 aromatic rings. The Kier molecular flexibility index (Phi) is 5.61. The van der Waals surface area contributed by atoms with Crippen molar-refractivity contribution in [3.63, 3.8) is 0 Å². The van der Waals surface area contributed by atoms with Gasteiger partial charge < -0.3 is 10.2 Å². The molecule has 1 N–H and O–H groups in total. The molecular formula is C19H23ClN4O2. The summed E-state index contributed by atoms with van der Waals surface area (Å²) >= 11 is 5.96. The molecule has 7 heteroatoms. The molecule has 1 aromatic carbocycles. The zero-order valence-corrected chi connectivity index (χ0v) is 15.8. The Labute approximate surface area is 158 Å². The summed E-state index contributed by atoms with van der Waals surface area (Å²) in [6, 6.07) is 9.36. The molecule has 0 radical (unpaired) electrons. The number of halogens is 1. The second-order valence-electron chi connectivity index (χ2n) is 6.58. The highest BCUT2D eigenvalue weighted by Gasteiger charge is 2.32. The molecule has 1 aliphatic heterocycles. The van der Waals surface area contributed by atoms with Crippen LogP contribution in [0.25, 0.3) is 11.3 Å². The number of benzene rings is 1. The molecule has 0 aliphatic carbocycles. The topological polar surface area (TPSA) is 67.2 Å². The fourth-order valence-corrected chi connectivity index (χ4v) is 3.29. The standard InChI is InChI=1S/C19H23ClN4O2/c1-3-4-5-16-11-23(12-21-13(2)25)19(26)18-10-17(22-24(16)18)14-6-8-15(20)9-7-14/h6-10,16H,3-5,11-12H2,1-2H3,(H,21,25)/t16-/m0/s1. The van der Waals surface area contributed by atoms with E-state index in [2.05, 4.69) is 12.2 Å². The molecule has 0 fully saturated rings. The molecule has 2 heterocycles. The maximum atomic E-state index is 12.8. The first-order valence-electron chi connectivity index (χ1n) is 8.88. The SMILES string of the molecule is CCCC[C@H]1CN(CNC(C)=O)C(=O)c2cc(-c3ccc(Cl)cc3)nn21. The van der Waals surface area contributed by atoms with E-state index in [1.807, 2.05) is 35.0 Å². The predicted molar refractivity (Wildman–Crippen MR) is 101 cm³/mol. The van der Waals surface area contributed by atoms with E-state index < -0.39 is 0 Å². The van der Waals surface area contributed by atoms with Gasteiger partial charge in [0, 0.05) is 24.1 Å². The Morgan fingerprint density at radius 1 is 1.35 bits per heavy atom. The quantitative estimate of drug-likeness (QED) is 0.841. The Morgan fingerprint density at radius 3 is 2.73 bits per heavy atom. The van der Waals surface area contributed by atoms with Crippen LogP contribution in [0, 0.1) is 0 Å². The highest BCUT2D eigenvalue weighted by atomic mass is 35.5. The Hall–Kier alpha value is -2.34. The molecule has 3 rings (SSSR count). The Morgan fingerprint density at radius 2 is 2.08 bits per heavy atom. The number of carbonyl (C=O) groups excluding carboxylic acids is 2. The van der Waals surface area contributed by atoms with E-state index >= 15 is 0 Å². The van der Waals surface area contributed by atoms with Crippen molar-refractivity contribution in [2.24, 2.45) is 0 Å². The van der Waals surface area contributed by atoms with Crippen molar-refractivity contribution in [2.75, 3.05) is 13.2 Å². The molecule has 0 saturated heterocycles. The molecule has 1 aliphatic rings. The zero-order chi connectivity index (χ0) is 18.7. The van der Waals surface area contributed by atoms with Gasteiger partial charge in [-0.25, -0.2) is 0 Å². The van der Waals surface area contributed by atoms with E-state index in [0.29, 0.717) is 17.3 Å². The summed E-state index contributed by atoms with van der Waals surface area (Å²) in [7, 11) is 0. The summed E-state index contributed by atoms with van der Waals surface area (Å²) < 4.78 is 1.85. The van der Waals surface area contributed by atoms with Crippen LogP contribution >= 0.6 is 11.6 Å². The van der Waals surface area contributed by atoms with Crippen molar-refractivity contribution in [3.05, 3.63) is 41.0 Å². The Balaban J connectivity index is 1.92. The number of nitrogens with one attached hydrogen (secondary N) is 1. The zero-order valence-electron chi connectivity index (χ0n) is 15.0. The lowest BCUT2D eigenvalue weighted by atomic mass is 10.1. The minimum atomic E-state index is -0.149. The second kappa shape index (κ2) is 7.91. The third-order valence-corrected chi connectivity index (χ3v) is 4.82. The maximum Gasteiger partial charge on any atom is 0.273 e. The van der Waals surface area contributed by atoms with E-state index in [9.17, 15) is 9.59 Å². The van der Waals surface area contributed by atoms with Crippen molar-refractivity contribution in [1.82, 2.24) is 20.0 Å². The van der Waals surface area contributed by atoms with Gasteiger partial charge in [0.15, 0.2) is 0 Å². The van der Waals surface area contributed by atoms with Crippen LogP contribution < -0.4 is 5.32 Å². The molecule has 26 heavy (non-hydrogen) atoms. The average molecular weight is 375 g/mol. The van der Waals surface area contributed by atoms with E-state index in [0.717, 1.165) is 30.5 Å². The van der Waals surface area contributed by atoms with Crippen molar-refractivity contribution < 1.29 is 9.59 Å². The van der Waals surface area contributed by atoms with Crippen LogP contribution in [-0.2, 0) is 4.79 Å². The number of aromatic nitrogens is 2. The first-order valence-corrected chi connectivity index (χ1v) is 9.26. The van der Waals surface area contributed by atoms with E-state index in [4.69, 9.17) is 16.7 Å². The highest BCUT2D eigenvalue weighted by Crippen LogP contribution is 2.29. The lowest BCUT2D eigenvalue weighted by Gasteiger charge is -2.33. The van der Waals surface area contributed by atoms with Gasteiger partial charge in [0.1, 0.15) is 5.69 Å². The fourth-order valence-electron chi connectivity index (χ4n) is 3.17. The van der Waals surface area contributed by atoms with Crippen LogP contribution in [0.1, 0.15) is 49.6 Å². The average Bonchev–Trinajstić information content (AvgIpc) is 3.06. The van der Waals surface area contributed by atoms with Crippen LogP contribution in [0.5, 0.6) is 0 Å². The van der Waals surface area contributed by atoms with Gasteiger partial charge in [0.2, 0.25) is 5.91 Å². The summed E-state index contributed by atoms with van der Waals surface area (Å²) in [5.41, 5.74) is 2.24. The lowest BCUT2D eigenvalue weighted by Crippen LogP contribution is -2.48. The maximum absolute atomic E-state index is 12.8. The van der Waals surface area contributed by atoms with Crippen molar-refractivity contribution in [3.8, 4) is 11.3 Å². The van der Waals surface area contributed by atoms with Crippen LogP contribution in [0.15, 0.2) is 30.3 Å². The summed E-state index contributed by atoms with van der Waals surface area (Å²) in [4.78, 5) is 25.8. The van der Waals surface area contributed by atoms with Gasteiger partial charge in [0.25, 0.3) is 5.91 Å². The first-order chi connectivity index (χ1) is 12.5. The molecule has 0 saturated carbocycles. The number of hydrogen-bond acceptors (Lipinski definition) is 3. The number of unbranched alkanes of at least 4 members (excludes halogenated alkanes) is 1. The monoisotopic (exact) mass is 374 g/mol. The fraction of sp³-hybridized carbons (Fsp3) is 0.421. The van der Waals surface area contributed by atoms with Crippen LogP contribution in [-0.4, -0.2) is 39.7 Å². The third kappa shape index (κ3) is 3.90. The normalized spacial score (nSPS) is 16.5. The molecule has 2 amide bonds. The molecule has 1 aromatic heterocycles. The number of nitrogens with zero attached hydrogens (tertiary/aromatic N) is 3. The smallest absolute Gasteiger partial charge is 0.273 e. The van der Waals surface area contributed by atoms with Crippen LogP contribution in [0.4, 0.5) is 0 Å². The van der Waals surface area contributed by atoms with Crippen LogP contribution in [0.2, 0.25) is 5.02 Å². The Bertz CT molecular complexity index is 800. The molecule has 0 bridgehead atoms. The van der Waals surface area contributed by atoms with Crippen molar-refractivity contribution in [1.29, 1.82) is 0 Å². The summed E-state index contributed by atoms with van der Waals surface area (Å²) in [6.07, 6.45) is 3.08. The summed E-state index contributed by atoms with van der Waals surface area (Å²) in [5.74, 6) is -0.261. The number of hydrogen-bond donors (Lipinski definition) is 1. The molecule has 0 spiro atoms. The molecule has 0 unspecified atom stereocenters. The van der Waals surface area contributed by atoms with Crippen molar-refractivity contribution in [2.45, 2.75) is 39.2 Å². The van der Waals surface area contributed by atoms with E-state index in [1.54, 1.807) is 4.90 Å². The summed E-state index contributed by atoms with van der Waals surface area (Å²) in [6.45, 7) is 4.37. The summed E-state index contributed by atoms with van der Waals surface area (Å²) in [5, 5.41) is 8.09. The van der Waals surface area contributed by atoms with Gasteiger partial charge >= 0.3 is 0 Å². The molecular weight excluding hydrogens is 352 g/mol. The number of carbonyl (C=O) groups is 2. The second-order valence-corrected chi connectivity index (χ2v) is 7.02. The van der Waals surface area contributed by atoms with Gasteiger partial charge in [-0.05, 0) is 24.6 Å². The largest absolute Gasteiger partial charge is 0.339 e. The lowest BCUT2D eigenvalue weighted by molar-refractivity contribution is -0.119. The number of rotatable bonds is 6. The molecule has 6 nitrogen and oxygen atoms in total. The number of fused-ring (bicyclic) bond motifs is 1. The minimum absolute atomic E-state index is 0.109. The van der Waals surface area contributed by atoms with Gasteiger partial charge in [-0.2, -0.15) is 5.10 Å². The predicted octanol–water partition coefficient (Wildman–Crippen LogP) is 3.48. The van der Waals surface area contributed by atoms with E-state index in [1.165, 1.54) is 6.92 Å². The van der Waals surface area contributed by atoms with Gasteiger partial charge in [-0.15, -0.1) is 0 Å². The van der Waals surface area contributed by atoms with Crippen LogP contribution in [0.3, 0.4) is 0 Å². The minimum Gasteiger partial charge on any atom is -0.339 e. The molecule has 138 valence electrons.